The van der Waals surface area contributed by atoms with Crippen LogP contribution in [0.1, 0.15) is 33.6 Å². The minimum absolute atomic E-state index is 0.0242. The lowest BCUT2D eigenvalue weighted by atomic mass is 10.1. The van der Waals surface area contributed by atoms with Crippen molar-refractivity contribution in [1.82, 2.24) is 5.32 Å². The first-order chi connectivity index (χ1) is 9.95. The van der Waals surface area contributed by atoms with E-state index in [9.17, 15) is 4.79 Å². The molecule has 21 heavy (non-hydrogen) atoms. The van der Waals surface area contributed by atoms with E-state index in [1.54, 1.807) is 0 Å². The van der Waals surface area contributed by atoms with Crippen LogP contribution in [0.2, 0.25) is 0 Å². The standard InChI is InChI=1S/C16H25N3OS/c1-4-12(2)18-16(20)13(3)19(11-10-15(17)21)14-8-6-5-7-9-14/h5-9,12-13H,4,10-11H2,1-3H3,(H2,17,21)(H,18,20). The minimum atomic E-state index is -0.268. The number of thiocarbonyl (C=S) groups is 1. The van der Waals surface area contributed by atoms with Crippen molar-refractivity contribution in [3.8, 4) is 0 Å². The first-order valence-electron chi connectivity index (χ1n) is 7.36. The lowest BCUT2D eigenvalue weighted by Gasteiger charge is -2.31. The largest absolute Gasteiger partial charge is 0.393 e. The number of anilines is 1. The molecule has 0 saturated heterocycles. The van der Waals surface area contributed by atoms with Gasteiger partial charge in [-0.3, -0.25) is 4.79 Å². The molecule has 0 saturated carbocycles. The SMILES string of the molecule is CCC(C)NC(=O)C(C)N(CCC(N)=S)c1ccccc1. The molecule has 4 nitrogen and oxygen atoms in total. The van der Waals surface area contributed by atoms with E-state index in [1.807, 2.05) is 49.1 Å². The van der Waals surface area contributed by atoms with E-state index in [-0.39, 0.29) is 18.0 Å². The first-order valence-corrected chi connectivity index (χ1v) is 7.76. The molecule has 0 heterocycles. The summed E-state index contributed by atoms with van der Waals surface area (Å²) in [6.45, 7) is 6.60. The fraction of sp³-hybridized carbons (Fsp3) is 0.500. The number of benzene rings is 1. The Kier molecular flexibility index (Phi) is 7.15. The summed E-state index contributed by atoms with van der Waals surface area (Å²) in [6.07, 6.45) is 1.50. The van der Waals surface area contributed by atoms with Crippen LogP contribution in [-0.2, 0) is 4.79 Å². The number of para-hydroxylation sites is 1. The van der Waals surface area contributed by atoms with Crippen molar-refractivity contribution in [2.24, 2.45) is 5.73 Å². The Balaban J connectivity index is 2.84. The summed E-state index contributed by atoms with van der Waals surface area (Å²) in [4.78, 5) is 14.9. The van der Waals surface area contributed by atoms with Gasteiger partial charge in [-0.1, -0.05) is 37.3 Å². The zero-order valence-corrected chi connectivity index (χ0v) is 13.8. The van der Waals surface area contributed by atoms with Crippen LogP contribution in [0.5, 0.6) is 0 Å². The van der Waals surface area contributed by atoms with Crippen LogP contribution in [0.3, 0.4) is 0 Å². The van der Waals surface area contributed by atoms with Crippen molar-refractivity contribution in [2.45, 2.75) is 45.7 Å². The molecule has 3 N–H and O–H groups in total. The van der Waals surface area contributed by atoms with Crippen molar-refractivity contribution >= 4 is 28.8 Å². The van der Waals surface area contributed by atoms with Crippen molar-refractivity contribution in [2.75, 3.05) is 11.4 Å². The highest BCUT2D eigenvalue weighted by molar-refractivity contribution is 7.80. The molecule has 0 aromatic heterocycles. The van der Waals surface area contributed by atoms with Crippen LogP contribution in [0, 0.1) is 0 Å². The molecule has 0 aliphatic heterocycles. The molecule has 5 heteroatoms. The third-order valence-electron chi connectivity index (χ3n) is 3.53. The quantitative estimate of drug-likeness (QED) is 0.724. The number of rotatable bonds is 8. The number of carbonyl (C=O) groups is 1. The lowest BCUT2D eigenvalue weighted by Crippen LogP contribution is -2.48. The molecule has 1 aromatic rings. The zero-order chi connectivity index (χ0) is 15.8. The highest BCUT2D eigenvalue weighted by Crippen LogP contribution is 2.17. The molecule has 0 radical (unpaired) electrons. The van der Waals surface area contributed by atoms with E-state index in [4.69, 9.17) is 18.0 Å². The fourth-order valence-corrected chi connectivity index (χ4v) is 2.09. The van der Waals surface area contributed by atoms with Crippen molar-refractivity contribution in [3.05, 3.63) is 30.3 Å². The topological polar surface area (TPSA) is 58.4 Å². The highest BCUT2D eigenvalue weighted by Gasteiger charge is 2.22. The van der Waals surface area contributed by atoms with Crippen LogP contribution < -0.4 is 16.0 Å². The molecule has 116 valence electrons. The second-order valence-electron chi connectivity index (χ2n) is 5.24. The van der Waals surface area contributed by atoms with Gasteiger partial charge in [-0.25, -0.2) is 0 Å². The van der Waals surface area contributed by atoms with Crippen molar-refractivity contribution < 1.29 is 4.79 Å². The number of nitrogens with zero attached hydrogens (tertiary/aromatic N) is 1. The average molecular weight is 307 g/mol. The normalized spacial score (nSPS) is 13.3. The van der Waals surface area contributed by atoms with Gasteiger partial charge in [0, 0.05) is 24.7 Å². The second kappa shape index (κ2) is 8.62. The summed E-state index contributed by atoms with van der Waals surface area (Å²) < 4.78 is 0. The van der Waals surface area contributed by atoms with Gasteiger partial charge >= 0.3 is 0 Å². The Morgan fingerprint density at radius 3 is 2.48 bits per heavy atom. The zero-order valence-electron chi connectivity index (χ0n) is 13.0. The number of carbonyl (C=O) groups excluding carboxylic acids is 1. The molecule has 1 aromatic carbocycles. The molecule has 2 unspecified atom stereocenters. The van der Waals surface area contributed by atoms with Crippen LogP contribution in [0.15, 0.2) is 30.3 Å². The molecule has 1 amide bonds. The molecule has 0 fully saturated rings. The van der Waals surface area contributed by atoms with Gasteiger partial charge in [0.05, 0.1) is 4.99 Å². The summed E-state index contributed by atoms with van der Waals surface area (Å²) in [5.74, 6) is 0.0242. The van der Waals surface area contributed by atoms with E-state index in [0.717, 1.165) is 12.1 Å². The Morgan fingerprint density at radius 2 is 1.95 bits per heavy atom. The molecule has 0 spiro atoms. The van der Waals surface area contributed by atoms with Crippen LogP contribution >= 0.6 is 12.2 Å². The maximum atomic E-state index is 12.4. The predicted octanol–water partition coefficient (Wildman–Crippen LogP) is 2.47. The van der Waals surface area contributed by atoms with Gasteiger partial charge in [-0.05, 0) is 32.4 Å². The number of hydrogen-bond acceptors (Lipinski definition) is 3. The maximum absolute atomic E-state index is 12.4. The third kappa shape index (κ3) is 5.71. The summed E-state index contributed by atoms with van der Waals surface area (Å²) in [6, 6.07) is 9.77. The number of nitrogens with two attached hydrogens (primary N) is 1. The third-order valence-corrected chi connectivity index (χ3v) is 3.74. The monoisotopic (exact) mass is 307 g/mol. The minimum Gasteiger partial charge on any atom is -0.393 e. The van der Waals surface area contributed by atoms with Gasteiger partial charge in [0.1, 0.15) is 6.04 Å². The second-order valence-corrected chi connectivity index (χ2v) is 5.76. The summed E-state index contributed by atoms with van der Waals surface area (Å²) >= 11 is 4.96. The molecule has 0 bridgehead atoms. The van der Waals surface area contributed by atoms with Crippen LogP contribution in [0.25, 0.3) is 0 Å². The number of amides is 1. The van der Waals surface area contributed by atoms with Crippen LogP contribution in [-0.4, -0.2) is 29.5 Å². The van der Waals surface area contributed by atoms with E-state index in [2.05, 4.69) is 12.2 Å². The van der Waals surface area contributed by atoms with E-state index >= 15 is 0 Å². The van der Waals surface area contributed by atoms with Crippen molar-refractivity contribution in [1.29, 1.82) is 0 Å². The Morgan fingerprint density at radius 1 is 1.33 bits per heavy atom. The molecule has 0 aliphatic carbocycles. The summed E-state index contributed by atoms with van der Waals surface area (Å²) in [7, 11) is 0. The van der Waals surface area contributed by atoms with Gasteiger partial charge in [0.2, 0.25) is 5.91 Å². The Bertz CT molecular complexity index is 464. The Labute approximate surface area is 132 Å². The lowest BCUT2D eigenvalue weighted by molar-refractivity contribution is -0.122. The van der Waals surface area contributed by atoms with E-state index < -0.39 is 0 Å². The maximum Gasteiger partial charge on any atom is 0.242 e. The van der Waals surface area contributed by atoms with Gasteiger partial charge in [0.15, 0.2) is 0 Å². The van der Waals surface area contributed by atoms with E-state index in [1.165, 1.54) is 0 Å². The van der Waals surface area contributed by atoms with E-state index in [0.29, 0.717) is 18.0 Å². The predicted molar refractivity (Wildman–Crippen MR) is 92.5 cm³/mol. The Hall–Kier alpha value is -1.62. The molecular formula is C16H25N3OS. The van der Waals surface area contributed by atoms with Gasteiger partial charge in [0.25, 0.3) is 0 Å². The van der Waals surface area contributed by atoms with Gasteiger partial charge in [-0.2, -0.15) is 0 Å². The highest BCUT2D eigenvalue weighted by atomic mass is 32.1. The van der Waals surface area contributed by atoms with Gasteiger partial charge < -0.3 is 16.0 Å². The summed E-state index contributed by atoms with van der Waals surface area (Å²) in [5, 5.41) is 3.02. The average Bonchev–Trinajstić information content (AvgIpc) is 2.47. The summed E-state index contributed by atoms with van der Waals surface area (Å²) in [5.41, 5.74) is 6.60. The molecular weight excluding hydrogens is 282 g/mol. The van der Waals surface area contributed by atoms with Crippen molar-refractivity contribution in [3.63, 3.8) is 0 Å². The molecule has 0 aliphatic rings. The molecule has 2 atom stereocenters. The number of hydrogen-bond donors (Lipinski definition) is 2. The van der Waals surface area contributed by atoms with Gasteiger partial charge in [-0.15, -0.1) is 0 Å². The number of nitrogens with one attached hydrogen (secondary N) is 1. The van der Waals surface area contributed by atoms with Crippen LogP contribution in [0.4, 0.5) is 5.69 Å². The first kappa shape index (κ1) is 17.4. The fourth-order valence-electron chi connectivity index (χ4n) is 2.00. The smallest absolute Gasteiger partial charge is 0.242 e. The molecule has 1 rings (SSSR count).